The summed E-state index contributed by atoms with van der Waals surface area (Å²) in [6.45, 7) is 3.00. The molecule has 1 N–H and O–H groups in total. The van der Waals surface area contributed by atoms with Gasteiger partial charge < -0.3 is 14.8 Å². The second-order valence-corrected chi connectivity index (χ2v) is 7.37. The first kappa shape index (κ1) is 14.6. The van der Waals surface area contributed by atoms with Gasteiger partial charge in [-0.2, -0.15) is 4.31 Å². The minimum absolute atomic E-state index is 0.143. The van der Waals surface area contributed by atoms with E-state index in [1.54, 1.807) is 23.4 Å². The SMILES string of the molecule is CNC1CCCN(S(=O)(=O)c2cc3c(cc2C)OCO3)C1. The van der Waals surface area contributed by atoms with Crippen molar-refractivity contribution in [2.24, 2.45) is 0 Å². The third kappa shape index (κ3) is 2.61. The van der Waals surface area contributed by atoms with Gasteiger partial charge in [-0.05, 0) is 38.4 Å². The van der Waals surface area contributed by atoms with Gasteiger partial charge in [-0.25, -0.2) is 8.42 Å². The summed E-state index contributed by atoms with van der Waals surface area (Å²) in [6.07, 6.45) is 1.87. The van der Waals surface area contributed by atoms with Crippen molar-refractivity contribution in [2.75, 3.05) is 26.9 Å². The van der Waals surface area contributed by atoms with E-state index in [1.807, 2.05) is 7.05 Å². The Morgan fingerprint density at radius 2 is 2.00 bits per heavy atom. The number of piperidine rings is 1. The number of benzene rings is 1. The number of aryl methyl sites for hydroxylation is 1. The zero-order chi connectivity index (χ0) is 15.0. The second kappa shape index (κ2) is 5.47. The summed E-state index contributed by atoms with van der Waals surface area (Å²) in [5.41, 5.74) is 0.686. The molecule has 1 saturated heterocycles. The lowest BCUT2D eigenvalue weighted by Crippen LogP contribution is -2.46. The van der Waals surface area contributed by atoms with Gasteiger partial charge in [0.15, 0.2) is 11.5 Å². The Labute approximate surface area is 125 Å². The smallest absolute Gasteiger partial charge is 0.243 e. The average Bonchev–Trinajstić information content (AvgIpc) is 2.93. The van der Waals surface area contributed by atoms with Crippen molar-refractivity contribution in [3.63, 3.8) is 0 Å². The predicted octanol–water partition coefficient (Wildman–Crippen LogP) is 1.10. The maximum Gasteiger partial charge on any atom is 0.243 e. The zero-order valence-electron chi connectivity index (χ0n) is 12.3. The number of fused-ring (bicyclic) bond motifs is 1. The Morgan fingerprint density at radius 3 is 2.71 bits per heavy atom. The van der Waals surface area contributed by atoms with E-state index in [0.29, 0.717) is 35.0 Å². The van der Waals surface area contributed by atoms with Crippen LogP contribution in [-0.2, 0) is 10.0 Å². The van der Waals surface area contributed by atoms with Crippen LogP contribution in [0.4, 0.5) is 0 Å². The lowest BCUT2D eigenvalue weighted by Gasteiger charge is -2.32. The third-order valence-corrected chi connectivity index (χ3v) is 6.09. The molecule has 2 aliphatic heterocycles. The van der Waals surface area contributed by atoms with Crippen LogP contribution < -0.4 is 14.8 Å². The number of likely N-dealkylation sites (N-methyl/N-ethyl adjacent to an activating group) is 1. The molecule has 1 atom stereocenters. The van der Waals surface area contributed by atoms with Crippen LogP contribution in [0.25, 0.3) is 0 Å². The van der Waals surface area contributed by atoms with Gasteiger partial charge in [0.05, 0.1) is 4.90 Å². The van der Waals surface area contributed by atoms with Crippen molar-refractivity contribution in [3.05, 3.63) is 17.7 Å². The number of nitrogens with zero attached hydrogens (tertiary/aromatic N) is 1. The number of nitrogens with one attached hydrogen (secondary N) is 1. The Morgan fingerprint density at radius 1 is 1.29 bits per heavy atom. The minimum atomic E-state index is -3.50. The van der Waals surface area contributed by atoms with E-state index < -0.39 is 10.0 Å². The molecule has 2 aliphatic rings. The van der Waals surface area contributed by atoms with E-state index in [-0.39, 0.29) is 12.8 Å². The molecule has 7 heteroatoms. The van der Waals surface area contributed by atoms with Crippen molar-refractivity contribution in [3.8, 4) is 11.5 Å². The van der Waals surface area contributed by atoms with Crippen LogP contribution in [0.15, 0.2) is 17.0 Å². The first-order valence-corrected chi connectivity index (χ1v) is 8.54. The van der Waals surface area contributed by atoms with E-state index in [9.17, 15) is 8.42 Å². The first-order valence-electron chi connectivity index (χ1n) is 7.10. The molecule has 0 aliphatic carbocycles. The van der Waals surface area contributed by atoms with E-state index in [4.69, 9.17) is 9.47 Å². The predicted molar refractivity (Wildman–Crippen MR) is 78.1 cm³/mol. The van der Waals surface area contributed by atoms with Crippen LogP contribution >= 0.6 is 0 Å². The molecule has 0 radical (unpaired) electrons. The molecule has 1 unspecified atom stereocenters. The third-order valence-electron chi connectivity index (χ3n) is 4.08. The molecule has 21 heavy (non-hydrogen) atoms. The number of ether oxygens (including phenoxy) is 2. The lowest BCUT2D eigenvalue weighted by atomic mass is 10.1. The molecule has 1 fully saturated rings. The monoisotopic (exact) mass is 312 g/mol. The van der Waals surface area contributed by atoms with Gasteiger partial charge in [0.2, 0.25) is 16.8 Å². The summed E-state index contributed by atoms with van der Waals surface area (Å²) in [5, 5.41) is 3.16. The number of hydrogen-bond acceptors (Lipinski definition) is 5. The molecular weight excluding hydrogens is 292 g/mol. The van der Waals surface area contributed by atoms with Crippen LogP contribution in [0, 0.1) is 6.92 Å². The van der Waals surface area contributed by atoms with Gasteiger partial charge in [0.1, 0.15) is 0 Å². The fourth-order valence-electron chi connectivity index (χ4n) is 2.84. The molecule has 116 valence electrons. The summed E-state index contributed by atoms with van der Waals surface area (Å²) in [7, 11) is -1.63. The quantitative estimate of drug-likeness (QED) is 0.905. The lowest BCUT2D eigenvalue weighted by molar-refractivity contribution is 0.174. The fraction of sp³-hybridized carbons (Fsp3) is 0.571. The fourth-order valence-corrected chi connectivity index (χ4v) is 4.58. The summed E-state index contributed by atoms with van der Waals surface area (Å²) >= 11 is 0. The molecule has 1 aromatic rings. The van der Waals surface area contributed by atoms with Crippen molar-refractivity contribution in [2.45, 2.75) is 30.7 Å². The Bertz CT molecular complexity index is 645. The van der Waals surface area contributed by atoms with Crippen LogP contribution in [0.5, 0.6) is 11.5 Å². The highest BCUT2D eigenvalue weighted by atomic mass is 32.2. The Hall–Kier alpha value is -1.31. The molecule has 1 aromatic carbocycles. The minimum Gasteiger partial charge on any atom is -0.454 e. The maximum absolute atomic E-state index is 12.9. The molecule has 0 aromatic heterocycles. The van der Waals surface area contributed by atoms with Crippen LogP contribution in [0.1, 0.15) is 18.4 Å². The van der Waals surface area contributed by atoms with Crippen molar-refractivity contribution in [1.82, 2.24) is 9.62 Å². The summed E-state index contributed by atoms with van der Waals surface area (Å²) in [5.74, 6) is 1.11. The highest BCUT2D eigenvalue weighted by Crippen LogP contribution is 2.37. The number of sulfonamides is 1. The normalized spacial score (nSPS) is 22.5. The first-order chi connectivity index (χ1) is 10.0. The Balaban J connectivity index is 1.95. The van der Waals surface area contributed by atoms with E-state index in [2.05, 4.69) is 5.32 Å². The topological polar surface area (TPSA) is 67.9 Å². The van der Waals surface area contributed by atoms with Gasteiger partial charge in [-0.3, -0.25) is 0 Å². The van der Waals surface area contributed by atoms with E-state index in [1.165, 1.54) is 0 Å². The molecule has 0 amide bonds. The number of rotatable bonds is 3. The molecule has 0 saturated carbocycles. The molecule has 0 bridgehead atoms. The summed E-state index contributed by atoms with van der Waals surface area (Å²) in [4.78, 5) is 0.309. The van der Waals surface area contributed by atoms with Crippen LogP contribution in [-0.4, -0.2) is 45.7 Å². The molecule has 6 nitrogen and oxygen atoms in total. The van der Waals surface area contributed by atoms with Gasteiger partial charge in [-0.1, -0.05) is 0 Å². The summed E-state index contributed by atoms with van der Waals surface area (Å²) < 4.78 is 37.9. The van der Waals surface area contributed by atoms with Crippen molar-refractivity contribution >= 4 is 10.0 Å². The van der Waals surface area contributed by atoms with Gasteiger partial charge in [0.25, 0.3) is 0 Å². The largest absolute Gasteiger partial charge is 0.454 e. The highest BCUT2D eigenvalue weighted by molar-refractivity contribution is 7.89. The van der Waals surface area contributed by atoms with E-state index >= 15 is 0 Å². The molecule has 3 rings (SSSR count). The average molecular weight is 312 g/mol. The molecule has 0 spiro atoms. The zero-order valence-corrected chi connectivity index (χ0v) is 13.1. The Kier molecular flexibility index (Phi) is 3.81. The van der Waals surface area contributed by atoms with Crippen LogP contribution in [0.3, 0.4) is 0 Å². The van der Waals surface area contributed by atoms with Crippen molar-refractivity contribution in [1.29, 1.82) is 0 Å². The molecular formula is C14H20N2O4S. The highest BCUT2D eigenvalue weighted by Gasteiger charge is 2.32. The summed E-state index contributed by atoms with van der Waals surface area (Å²) in [6, 6.07) is 3.52. The number of hydrogen-bond donors (Lipinski definition) is 1. The van der Waals surface area contributed by atoms with Gasteiger partial charge in [0, 0.05) is 25.2 Å². The van der Waals surface area contributed by atoms with Crippen LogP contribution in [0.2, 0.25) is 0 Å². The van der Waals surface area contributed by atoms with Gasteiger partial charge in [-0.15, -0.1) is 0 Å². The van der Waals surface area contributed by atoms with Crippen molar-refractivity contribution < 1.29 is 17.9 Å². The standard InChI is InChI=1S/C14H20N2O4S/c1-10-6-12-13(20-9-19-12)7-14(10)21(17,18)16-5-3-4-11(8-16)15-2/h6-7,11,15H,3-5,8-9H2,1-2H3. The second-order valence-electron chi connectivity index (χ2n) is 5.46. The van der Waals surface area contributed by atoms with Gasteiger partial charge >= 0.3 is 0 Å². The van der Waals surface area contributed by atoms with E-state index in [0.717, 1.165) is 12.8 Å². The maximum atomic E-state index is 12.9. The molecule has 2 heterocycles.